The highest BCUT2D eigenvalue weighted by atomic mass is 35.5. The van der Waals surface area contributed by atoms with Crippen molar-refractivity contribution in [2.75, 3.05) is 18.0 Å². The van der Waals surface area contributed by atoms with Crippen LogP contribution in [0.2, 0.25) is 5.02 Å². The average molecular weight is 240 g/mol. The first-order valence-corrected chi connectivity index (χ1v) is 5.74. The minimum atomic E-state index is -0.958. The van der Waals surface area contributed by atoms with Gasteiger partial charge in [0.1, 0.15) is 5.56 Å². The molecule has 1 aliphatic heterocycles. The highest BCUT2D eigenvalue weighted by Crippen LogP contribution is 2.31. The van der Waals surface area contributed by atoms with Crippen molar-refractivity contribution in [2.24, 2.45) is 5.92 Å². The lowest BCUT2D eigenvalue weighted by Gasteiger charge is -2.20. The fourth-order valence-electron chi connectivity index (χ4n) is 2.14. The molecule has 0 amide bonds. The molecule has 3 nitrogen and oxygen atoms in total. The Morgan fingerprint density at radius 2 is 2.31 bits per heavy atom. The highest BCUT2D eigenvalue weighted by Gasteiger charge is 2.24. The molecule has 0 radical (unpaired) electrons. The van der Waals surface area contributed by atoms with Gasteiger partial charge in [-0.3, -0.25) is 0 Å². The Morgan fingerprint density at radius 3 is 2.88 bits per heavy atom. The summed E-state index contributed by atoms with van der Waals surface area (Å²) in [4.78, 5) is 13.3. The van der Waals surface area contributed by atoms with E-state index >= 15 is 0 Å². The minimum absolute atomic E-state index is 0.221. The third-order valence-electron chi connectivity index (χ3n) is 2.97. The van der Waals surface area contributed by atoms with Gasteiger partial charge in [-0.25, -0.2) is 4.79 Å². The Labute approximate surface area is 99.6 Å². The molecule has 1 saturated heterocycles. The fourth-order valence-corrected chi connectivity index (χ4v) is 2.39. The molecule has 1 heterocycles. The van der Waals surface area contributed by atoms with Crippen molar-refractivity contribution in [3.8, 4) is 0 Å². The monoisotopic (exact) mass is 239 g/mol. The molecule has 1 N–H and O–H groups in total. The number of nitrogens with zero attached hydrogens (tertiary/aromatic N) is 1. The van der Waals surface area contributed by atoms with E-state index < -0.39 is 5.97 Å². The van der Waals surface area contributed by atoms with Crippen LogP contribution in [0, 0.1) is 5.92 Å². The van der Waals surface area contributed by atoms with Crippen LogP contribution >= 0.6 is 11.6 Å². The first-order chi connectivity index (χ1) is 7.59. The number of carboxylic acids is 1. The predicted octanol–water partition coefficient (Wildman–Crippen LogP) is 2.88. The number of carbonyl (C=O) groups is 1. The number of hydrogen-bond donors (Lipinski definition) is 1. The molecule has 1 aromatic carbocycles. The molecule has 1 unspecified atom stereocenters. The van der Waals surface area contributed by atoms with Gasteiger partial charge in [-0.15, -0.1) is 0 Å². The summed E-state index contributed by atoms with van der Waals surface area (Å²) in [7, 11) is 0. The van der Waals surface area contributed by atoms with Gasteiger partial charge in [0.25, 0.3) is 0 Å². The second-order valence-electron chi connectivity index (χ2n) is 4.28. The largest absolute Gasteiger partial charge is 0.478 e. The molecule has 0 aliphatic carbocycles. The Bertz CT molecular complexity index is 419. The van der Waals surface area contributed by atoms with Gasteiger partial charge < -0.3 is 10.0 Å². The number of aromatic carboxylic acids is 1. The van der Waals surface area contributed by atoms with Crippen LogP contribution in [-0.2, 0) is 0 Å². The van der Waals surface area contributed by atoms with Crippen LogP contribution in [0.4, 0.5) is 5.69 Å². The van der Waals surface area contributed by atoms with Crippen molar-refractivity contribution in [1.82, 2.24) is 0 Å². The lowest BCUT2D eigenvalue weighted by molar-refractivity contribution is 0.0698. The third kappa shape index (κ3) is 2.00. The number of carboxylic acid groups (broad SMARTS) is 1. The van der Waals surface area contributed by atoms with Gasteiger partial charge >= 0.3 is 5.97 Å². The number of hydrogen-bond acceptors (Lipinski definition) is 2. The number of anilines is 1. The first kappa shape index (κ1) is 11.3. The van der Waals surface area contributed by atoms with Crippen molar-refractivity contribution in [3.05, 3.63) is 28.8 Å². The normalized spacial score (nSPS) is 20.1. The standard InChI is InChI=1S/C12H14ClNO2/c1-8-5-6-14(7-8)10-4-2-3-9(13)11(10)12(15)16/h2-4,8H,5-7H2,1H3,(H,15,16). The Balaban J connectivity index is 2.40. The van der Waals surface area contributed by atoms with Crippen LogP contribution in [0.1, 0.15) is 23.7 Å². The van der Waals surface area contributed by atoms with Crippen molar-refractivity contribution in [1.29, 1.82) is 0 Å². The maximum absolute atomic E-state index is 11.2. The van der Waals surface area contributed by atoms with E-state index in [1.54, 1.807) is 12.1 Å². The molecule has 1 atom stereocenters. The number of rotatable bonds is 2. The third-order valence-corrected chi connectivity index (χ3v) is 3.29. The van der Waals surface area contributed by atoms with Gasteiger partial charge in [0, 0.05) is 13.1 Å². The fraction of sp³-hybridized carbons (Fsp3) is 0.417. The summed E-state index contributed by atoms with van der Waals surface area (Å²) in [6.07, 6.45) is 1.10. The van der Waals surface area contributed by atoms with E-state index in [4.69, 9.17) is 16.7 Å². The smallest absolute Gasteiger partial charge is 0.339 e. The van der Waals surface area contributed by atoms with E-state index in [1.807, 2.05) is 6.07 Å². The molecule has 0 spiro atoms. The Kier molecular flexibility index (Phi) is 3.06. The number of benzene rings is 1. The van der Waals surface area contributed by atoms with Crippen LogP contribution < -0.4 is 4.90 Å². The lowest BCUT2D eigenvalue weighted by Crippen LogP contribution is -2.21. The van der Waals surface area contributed by atoms with Crippen molar-refractivity contribution < 1.29 is 9.90 Å². The van der Waals surface area contributed by atoms with Gasteiger partial charge in [-0.2, -0.15) is 0 Å². The summed E-state index contributed by atoms with van der Waals surface area (Å²) in [5.41, 5.74) is 0.961. The summed E-state index contributed by atoms with van der Waals surface area (Å²) in [5.74, 6) is -0.347. The Hall–Kier alpha value is -1.22. The predicted molar refractivity (Wildman–Crippen MR) is 64.4 cm³/mol. The zero-order valence-electron chi connectivity index (χ0n) is 9.11. The van der Waals surface area contributed by atoms with Crippen LogP contribution in [0.3, 0.4) is 0 Å². The summed E-state index contributed by atoms with van der Waals surface area (Å²) in [6, 6.07) is 5.24. The molecular weight excluding hydrogens is 226 g/mol. The molecule has 86 valence electrons. The van der Waals surface area contributed by atoms with Crippen molar-refractivity contribution in [2.45, 2.75) is 13.3 Å². The van der Waals surface area contributed by atoms with Gasteiger partial charge in [-0.05, 0) is 24.5 Å². The van der Waals surface area contributed by atoms with E-state index in [0.717, 1.165) is 25.2 Å². The van der Waals surface area contributed by atoms with Crippen LogP contribution in [0.25, 0.3) is 0 Å². The van der Waals surface area contributed by atoms with Gasteiger partial charge in [0.15, 0.2) is 0 Å². The van der Waals surface area contributed by atoms with Crippen LogP contribution in [-0.4, -0.2) is 24.2 Å². The molecule has 0 saturated carbocycles. The minimum Gasteiger partial charge on any atom is -0.478 e. The molecule has 0 aromatic heterocycles. The number of halogens is 1. The van der Waals surface area contributed by atoms with E-state index in [9.17, 15) is 4.79 Å². The molecule has 1 aromatic rings. The molecule has 4 heteroatoms. The van der Waals surface area contributed by atoms with Gasteiger partial charge in [0.2, 0.25) is 0 Å². The van der Waals surface area contributed by atoms with Gasteiger partial charge in [-0.1, -0.05) is 24.6 Å². The Morgan fingerprint density at radius 1 is 1.56 bits per heavy atom. The molecule has 0 bridgehead atoms. The molecule has 1 aliphatic rings. The second-order valence-corrected chi connectivity index (χ2v) is 4.69. The van der Waals surface area contributed by atoms with E-state index in [2.05, 4.69) is 11.8 Å². The van der Waals surface area contributed by atoms with Gasteiger partial charge in [0.05, 0.1) is 10.7 Å². The van der Waals surface area contributed by atoms with Crippen LogP contribution in [0.15, 0.2) is 18.2 Å². The quantitative estimate of drug-likeness (QED) is 0.863. The maximum atomic E-state index is 11.2. The first-order valence-electron chi connectivity index (χ1n) is 5.36. The van der Waals surface area contributed by atoms with Crippen LogP contribution in [0.5, 0.6) is 0 Å². The maximum Gasteiger partial charge on any atom is 0.339 e. The summed E-state index contributed by atoms with van der Waals surface area (Å²) >= 11 is 5.93. The zero-order chi connectivity index (χ0) is 11.7. The summed E-state index contributed by atoms with van der Waals surface area (Å²) in [6.45, 7) is 3.98. The van der Waals surface area contributed by atoms with Crippen molar-refractivity contribution in [3.63, 3.8) is 0 Å². The van der Waals surface area contributed by atoms with E-state index in [-0.39, 0.29) is 5.56 Å². The summed E-state index contributed by atoms with van der Waals surface area (Å²) < 4.78 is 0. The van der Waals surface area contributed by atoms with E-state index in [0.29, 0.717) is 10.9 Å². The van der Waals surface area contributed by atoms with Crippen molar-refractivity contribution >= 4 is 23.3 Å². The molecule has 2 rings (SSSR count). The lowest BCUT2D eigenvalue weighted by atomic mass is 10.1. The molecular formula is C12H14ClNO2. The topological polar surface area (TPSA) is 40.5 Å². The van der Waals surface area contributed by atoms with E-state index in [1.165, 1.54) is 0 Å². The second kappa shape index (κ2) is 4.34. The SMILES string of the molecule is CC1CCN(c2cccc(Cl)c2C(=O)O)C1. The highest BCUT2D eigenvalue weighted by molar-refractivity contribution is 6.34. The average Bonchev–Trinajstić information content (AvgIpc) is 2.63. The molecule has 1 fully saturated rings. The zero-order valence-corrected chi connectivity index (χ0v) is 9.87. The molecule has 16 heavy (non-hydrogen) atoms. The summed E-state index contributed by atoms with van der Waals surface area (Å²) in [5, 5.41) is 9.47.